The largest absolute Gasteiger partial charge is 0.338 e. The number of benzene rings is 1. The summed E-state index contributed by atoms with van der Waals surface area (Å²) >= 11 is 0. The van der Waals surface area contributed by atoms with Gasteiger partial charge in [0.2, 0.25) is 5.82 Å². The van der Waals surface area contributed by atoms with Gasteiger partial charge in [-0.05, 0) is 29.0 Å². The van der Waals surface area contributed by atoms with Crippen LogP contribution in [0.2, 0.25) is 0 Å². The lowest BCUT2D eigenvalue weighted by atomic mass is 10.0. The molecule has 1 aromatic heterocycles. The van der Waals surface area contributed by atoms with E-state index >= 15 is 0 Å². The zero-order valence-electron chi connectivity index (χ0n) is 15.7. The Bertz CT molecular complexity index is 736. The smallest absolute Gasteiger partial charge is 0.321 e. The van der Waals surface area contributed by atoms with E-state index in [0.717, 1.165) is 12.0 Å². The van der Waals surface area contributed by atoms with Crippen LogP contribution in [0.1, 0.15) is 45.6 Å². The summed E-state index contributed by atoms with van der Waals surface area (Å²) in [6.45, 7) is 8.73. The fraction of sp³-hybridized carbons (Fsp3) is 0.500. The van der Waals surface area contributed by atoms with Crippen LogP contribution in [0.15, 0.2) is 24.3 Å². The summed E-state index contributed by atoms with van der Waals surface area (Å²) in [4.78, 5) is 24.7. The van der Waals surface area contributed by atoms with Crippen molar-refractivity contribution >= 4 is 11.9 Å². The Morgan fingerprint density at radius 1 is 1.12 bits per heavy atom. The second-order valence-electron chi connectivity index (χ2n) is 6.91. The number of imide groups is 1. The third-order valence-corrected chi connectivity index (χ3v) is 3.83. The van der Waals surface area contributed by atoms with Crippen LogP contribution in [0.25, 0.3) is 11.4 Å². The summed E-state index contributed by atoms with van der Waals surface area (Å²) in [7, 11) is 0. The van der Waals surface area contributed by atoms with Crippen molar-refractivity contribution in [1.82, 2.24) is 30.8 Å². The number of hydrogen-bond donors (Lipinski definition) is 2. The SMILES string of the molecule is CC(C)CCNC(=O)NC(=O)Cn1nnc(-c2ccc(C(C)C)cc2)n1. The first-order valence-corrected chi connectivity index (χ1v) is 8.81. The summed E-state index contributed by atoms with van der Waals surface area (Å²) < 4.78 is 0. The quantitative estimate of drug-likeness (QED) is 0.791. The summed E-state index contributed by atoms with van der Waals surface area (Å²) in [6.07, 6.45) is 0.852. The predicted octanol–water partition coefficient (Wildman–Crippen LogP) is 2.34. The molecule has 0 aliphatic heterocycles. The standard InChI is InChI=1S/C18H26N6O2/c1-12(2)9-10-19-18(26)20-16(25)11-24-22-17(21-23-24)15-7-5-14(6-8-15)13(3)4/h5-8,12-13H,9-11H2,1-4H3,(H2,19,20,25,26). The lowest BCUT2D eigenvalue weighted by Gasteiger charge is -2.07. The van der Waals surface area contributed by atoms with Crippen molar-refractivity contribution in [2.75, 3.05) is 6.54 Å². The van der Waals surface area contributed by atoms with Crippen LogP contribution < -0.4 is 10.6 Å². The number of urea groups is 1. The number of amides is 3. The maximum absolute atomic E-state index is 11.9. The molecule has 2 aromatic rings. The van der Waals surface area contributed by atoms with Crippen LogP contribution in [0.5, 0.6) is 0 Å². The van der Waals surface area contributed by atoms with Gasteiger partial charge in [0.05, 0.1) is 0 Å². The Morgan fingerprint density at radius 3 is 2.42 bits per heavy atom. The highest BCUT2D eigenvalue weighted by atomic mass is 16.2. The number of rotatable bonds is 7. The van der Waals surface area contributed by atoms with Crippen molar-refractivity contribution in [1.29, 1.82) is 0 Å². The fourth-order valence-corrected chi connectivity index (χ4v) is 2.26. The van der Waals surface area contributed by atoms with Crippen LogP contribution in [-0.2, 0) is 11.3 Å². The highest BCUT2D eigenvalue weighted by Crippen LogP contribution is 2.19. The average Bonchev–Trinajstić information content (AvgIpc) is 3.02. The number of hydrogen-bond acceptors (Lipinski definition) is 5. The summed E-state index contributed by atoms with van der Waals surface area (Å²) in [5, 5.41) is 16.9. The Morgan fingerprint density at radius 2 is 1.81 bits per heavy atom. The van der Waals surface area contributed by atoms with Crippen molar-refractivity contribution < 1.29 is 9.59 Å². The summed E-state index contributed by atoms with van der Waals surface area (Å²) in [5.41, 5.74) is 2.05. The zero-order valence-corrected chi connectivity index (χ0v) is 15.7. The van der Waals surface area contributed by atoms with Crippen LogP contribution >= 0.6 is 0 Å². The first-order chi connectivity index (χ1) is 12.3. The molecule has 0 fully saturated rings. The number of nitrogens with zero attached hydrogens (tertiary/aromatic N) is 4. The lowest BCUT2D eigenvalue weighted by Crippen LogP contribution is -2.41. The minimum atomic E-state index is -0.514. The molecule has 0 spiro atoms. The molecule has 8 heteroatoms. The first kappa shape index (κ1) is 19.6. The zero-order chi connectivity index (χ0) is 19.1. The van der Waals surface area contributed by atoms with E-state index in [9.17, 15) is 9.59 Å². The van der Waals surface area contributed by atoms with E-state index in [0.29, 0.717) is 24.2 Å². The fourth-order valence-electron chi connectivity index (χ4n) is 2.26. The van der Waals surface area contributed by atoms with Crippen molar-refractivity contribution in [3.05, 3.63) is 29.8 Å². The van der Waals surface area contributed by atoms with Gasteiger partial charge in [0.1, 0.15) is 6.54 Å². The molecular weight excluding hydrogens is 332 g/mol. The third-order valence-electron chi connectivity index (χ3n) is 3.83. The monoisotopic (exact) mass is 358 g/mol. The predicted molar refractivity (Wildman–Crippen MR) is 98.3 cm³/mol. The van der Waals surface area contributed by atoms with Crippen LogP contribution in [0, 0.1) is 5.92 Å². The van der Waals surface area contributed by atoms with Crippen molar-refractivity contribution in [2.45, 2.75) is 46.6 Å². The molecule has 1 aromatic carbocycles. The first-order valence-electron chi connectivity index (χ1n) is 8.81. The Labute approximate surface area is 153 Å². The van der Waals surface area contributed by atoms with E-state index in [1.54, 1.807) is 0 Å². The van der Waals surface area contributed by atoms with Gasteiger partial charge in [-0.1, -0.05) is 52.0 Å². The molecule has 0 saturated heterocycles. The highest BCUT2D eigenvalue weighted by Gasteiger charge is 2.12. The average molecular weight is 358 g/mol. The van der Waals surface area contributed by atoms with Crippen LogP contribution in [-0.4, -0.2) is 38.7 Å². The van der Waals surface area contributed by atoms with Crippen molar-refractivity contribution in [3.8, 4) is 11.4 Å². The molecule has 0 radical (unpaired) electrons. The molecule has 26 heavy (non-hydrogen) atoms. The molecule has 140 valence electrons. The molecule has 0 aliphatic carbocycles. The minimum absolute atomic E-state index is 0.172. The van der Waals surface area contributed by atoms with Gasteiger partial charge in [0.15, 0.2) is 0 Å². The maximum atomic E-state index is 11.9. The topological polar surface area (TPSA) is 102 Å². The van der Waals surface area contributed by atoms with E-state index in [-0.39, 0.29) is 6.54 Å². The second-order valence-corrected chi connectivity index (χ2v) is 6.91. The second kappa shape index (κ2) is 9.07. The van der Waals surface area contributed by atoms with Gasteiger partial charge in [-0.3, -0.25) is 10.1 Å². The molecular formula is C18H26N6O2. The molecule has 3 amide bonds. The van der Waals surface area contributed by atoms with Crippen LogP contribution in [0.4, 0.5) is 4.79 Å². The van der Waals surface area contributed by atoms with Gasteiger partial charge in [-0.2, -0.15) is 4.80 Å². The van der Waals surface area contributed by atoms with E-state index in [1.165, 1.54) is 10.4 Å². The Kier molecular flexibility index (Phi) is 6.82. The van der Waals surface area contributed by atoms with Gasteiger partial charge in [-0.15, -0.1) is 10.2 Å². The van der Waals surface area contributed by atoms with Gasteiger partial charge in [0, 0.05) is 12.1 Å². The van der Waals surface area contributed by atoms with Gasteiger partial charge in [0.25, 0.3) is 5.91 Å². The maximum Gasteiger partial charge on any atom is 0.321 e. The molecule has 8 nitrogen and oxygen atoms in total. The normalized spacial score (nSPS) is 11.0. The molecule has 0 bridgehead atoms. The summed E-state index contributed by atoms with van der Waals surface area (Å²) in [6, 6.07) is 7.39. The van der Waals surface area contributed by atoms with Crippen molar-refractivity contribution in [3.63, 3.8) is 0 Å². The number of tetrazole rings is 1. The highest BCUT2D eigenvalue weighted by molar-refractivity contribution is 5.94. The summed E-state index contributed by atoms with van der Waals surface area (Å²) in [5.74, 6) is 0.877. The number of nitrogens with one attached hydrogen (secondary N) is 2. The molecule has 0 aliphatic rings. The van der Waals surface area contributed by atoms with E-state index in [4.69, 9.17) is 0 Å². The van der Waals surface area contributed by atoms with E-state index in [1.807, 2.05) is 24.3 Å². The van der Waals surface area contributed by atoms with Gasteiger partial charge in [-0.25, -0.2) is 4.79 Å². The number of carbonyl (C=O) groups is 2. The van der Waals surface area contributed by atoms with E-state index < -0.39 is 11.9 Å². The van der Waals surface area contributed by atoms with Gasteiger partial charge >= 0.3 is 6.03 Å². The minimum Gasteiger partial charge on any atom is -0.338 e. The molecule has 1 heterocycles. The molecule has 0 atom stereocenters. The number of carbonyl (C=O) groups excluding carboxylic acids is 2. The molecule has 2 N–H and O–H groups in total. The Balaban J connectivity index is 1.87. The Hall–Kier alpha value is -2.77. The van der Waals surface area contributed by atoms with Crippen LogP contribution in [0.3, 0.4) is 0 Å². The van der Waals surface area contributed by atoms with E-state index in [2.05, 4.69) is 53.7 Å². The van der Waals surface area contributed by atoms with Gasteiger partial charge < -0.3 is 5.32 Å². The lowest BCUT2D eigenvalue weighted by molar-refractivity contribution is -0.121. The third kappa shape index (κ3) is 5.94. The van der Waals surface area contributed by atoms with Crippen molar-refractivity contribution in [2.24, 2.45) is 5.92 Å². The molecule has 2 rings (SSSR count). The molecule has 0 saturated carbocycles. The molecule has 0 unspecified atom stereocenters. The number of aromatic nitrogens is 4.